The minimum Gasteiger partial charge on any atom is -0.336 e. The monoisotopic (exact) mass is 72.0 g/mol. The number of hydrogen-bond acceptors (Lipinski definition) is 3. The average molecular weight is 72.1 g/mol. The van der Waals surface area contributed by atoms with Gasteiger partial charge in [0.25, 0.3) is 11.8 Å². The second-order valence-electron chi connectivity index (χ2n) is 0.780. The van der Waals surface area contributed by atoms with Gasteiger partial charge >= 0.3 is 0 Å². The first-order chi connectivity index (χ1) is 2.50. The van der Waals surface area contributed by atoms with Gasteiger partial charge in [0.05, 0.1) is 0 Å². The highest BCUT2D eigenvalue weighted by Gasteiger charge is 2.03. The maximum atomic E-state index is 4.40. The summed E-state index contributed by atoms with van der Waals surface area (Å²) in [6, 6.07) is 0. The highest BCUT2D eigenvalue weighted by Crippen LogP contribution is 1.76. The second-order valence-corrected chi connectivity index (χ2v) is 0.780. The van der Waals surface area contributed by atoms with Crippen molar-refractivity contribution < 1.29 is 4.84 Å². The summed E-state index contributed by atoms with van der Waals surface area (Å²) in [4.78, 5) is 4.40. The fourth-order valence-electron chi connectivity index (χ4n) is 0.204. The van der Waals surface area contributed by atoms with Crippen molar-refractivity contribution in [2.45, 2.75) is 0 Å². The Kier molecular flexibility index (Phi) is 0.532. The molecule has 1 aliphatic rings. The summed E-state index contributed by atoms with van der Waals surface area (Å²) in [6.07, 6.45) is 0. The molecule has 0 N–H and O–H groups in total. The molecule has 1 heterocycles. The van der Waals surface area contributed by atoms with Gasteiger partial charge in [-0.1, -0.05) is 0 Å². The van der Waals surface area contributed by atoms with Gasteiger partial charge in [0.15, 0.2) is 6.61 Å². The molecule has 0 saturated heterocycles. The van der Waals surface area contributed by atoms with Crippen LogP contribution in [0.15, 0.2) is 5.28 Å². The average Bonchev–Trinajstić information content (AvgIpc) is 1.76. The van der Waals surface area contributed by atoms with Gasteiger partial charge in [-0.05, 0) is 0 Å². The molecule has 0 bridgehead atoms. The fraction of sp³-hybridized carbons (Fsp3) is 1.00. The largest absolute Gasteiger partial charge is 0.336 e. The van der Waals surface area contributed by atoms with Crippen molar-refractivity contribution in [2.75, 3.05) is 13.2 Å². The van der Waals surface area contributed by atoms with Gasteiger partial charge in [0.1, 0.15) is 0 Å². The highest BCUT2D eigenvalue weighted by molar-refractivity contribution is 4.30. The van der Waals surface area contributed by atoms with E-state index in [0.717, 1.165) is 6.54 Å². The SMILES string of the molecule is C1CON=[N+]1. The lowest BCUT2D eigenvalue weighted by atomic mass is 10.8. The normalized spacial score (nSPS) is 19.2. The molecular formula is C2H4N2O+. The summed E-state index contributed by atoms with van der Waals surface area (Å²) < 4.78 is 0. The number of hydrogen-bond donors (Lipinski definition) is 0. The van der Waals surface area contributed by atoms with E-state index in [2.05, 4.69) is 15.2 Å². The summed E-state index contributed by atoms with van der Waals surface area (Å²) in [5, 5.41) is 6.69. The topological polar surface area (TPSA) is 35.7 Å². The quantitative estimate of drug-likeness (QED) is 0.387. The van der Waals surface area contributed by atoms with Gasteiger partial charge in [-0.15, -0.1) is 0 Å². The zero-order valence-corrected chi connectivity index (χ0v) is 2.72. The van der Waals surface area contributed by atoms with Crippen LogP contribution in [0.1, 0.15) is 0 Å². The Morgan fingerprint density at radius 3 is 3.00 bits per heavy atom. The Labute approximate surface area is 29.6 Å². The van der Waals surface area contributed by atoms with E-state index in [1.807, 2.05) is 0 Å². The molecule has 5 heavy (non-hydrogen) atoms. The van der Waals surface area contributed by atoms with E-state index in [9.17, 15) is 0 Å². The van der Waals surface area contributed by atoms with Crippen LogP contribution in [-0.2, 0) is 4.84 Å². The summed E-state index contributed by atoms with van der Waals surface area (Å²) in [6.45, 7) is 1.40. The van der Waals surface area contributed by atoms with Gasteiger partial charge in [0, 0.05) is 0 Å². The van der Waals surface area contributed by atoms with Gasteiger partial charge in [-0.2, -0.15) is 0 Å². The Bertz CT molecular complexity index is 45.6. The Balaban J connectivity index is 2.32. The van der Waals surface area contributed by atoms with Crippen LogP contribution in [0.2, 0.25) is 0 Å². The third kappa shape index (κ3) is 0.344. The molecular weight excluding hydrogens is 68.0 g/mol. The van der Waals surface area contributed by atoms with E-state index in [0.29, 0.717) is 6.61 Å². The van der Waals surface area contributed by atoms with Gasteiger partial charge in [0.2, 0.25) is 5.11 Å². The minimum atomic E-state index is 0.667. The summed E-state index contributed by atoms with van der Waals surface area (Å²) in [7, 11) is 0. The summed E-state index contributed by atoms with van der Waals surface area (Å²) in [5.74, 6) is 0. The third-order valence-corrected chi connectivity index (χ3v) is 0.398. The Morgan fingerprint density at radius 1 is 1.80 bits per heavy atom. The summed E-state index contributed by atoms with van der Waals surface area (Å²) >= 11 is 0. The first-order valence-electron chi connectivity index (χ1n) is 1.49. The van der Waals surface area contributed by atoms with E-state index in [4.69, 9.17) is 0 Å². The molecule has 1 radical (unpaired) electrons. The first-order valence-corrected chi connectivity index (χ1v) is 1.49. The van der Waals surface area contributed by atoms with Crippen molar-refractivity contribution >= 4 is 0 Å². The molecule has 0 aliphatic carbocycles. The molecule has 1 rings (SSSR count). The van der Waals surface area contributed by atoms with Gasteiger partial charge in [-0.25, -0.2) is 0 Å². The van der Waals surface area contributed by atoms with Crippen molar-refractivity contribution in [3.8, 4) is 0 Å². The molecule has 3 heteroatoms. The Hall–Kier alpha value is -0.600. The van der Waals surface area contributed by atoms with Crippen molar-refractivity contribution in [3.63, 3.8) is 0 Å². The smallest absolute Gasteiger partial charge is 0.283 e. The van der Waals surface area contributed by atoms with Gasteiger partial charge in [-0.3, -0.25) is 0 Å². The number of nitrogens with zero attached hydrogens (tertiary/aromatic N) is 2. The van der Waals surface area contributed by atoms with Crippen LogP contribution in [0.4, 0.5) is 0 Å². The predicted octanol–water partition coefficient (Wildman–Crippen LogP) is -0.280. The predicted molar refractivity (Wildman–Crippen MR) is 15.4 cm³/mol. The van der Waals surface area contributed by atoms with Crippen LogP contribution in [0.25, 0.3) is 0 Å². The van der Waals surface area contributed by atoms with Crippen LogP contribution in [0, 0.1) is 0 Å². The van der Waals surface area contributed by atoms with Crippen LogP contribution in [0.5, 0.6) is 0 Å². The van der Waals surface area contributed by atoms with Crippen LogP contribution in [-0.4, -0.2) is 13.2 Å². The van der Waals surface area contributed by atoms with E-state index in [-0.39, 0.29) is 0 Å². The van der Waals surface area contributed by atoms with E-state index in [1.54, 1.807) is 0 Å². The van der Waals surface area contributed by atoms with Crippen LogP contribution >= 0.6 is 0 Å². The molecule has 0 unspecified atom stereocenters. The molecule has 0 aromatic heterocycles. The summed E-state index contributed by atoms with van der Waals surface area (Å²) in [5.41, 5.74) is 0. The van der Waals surface area contributed by atoms with Crippen molar-refractivity contribution in [1.82, 2.24) is 5.11 Å². The minimum absolute atomic E-state index is 0.667. The van der Waals surface area contributed by atoms with E-state index < -0.39 is 0 Å². The van der Waals surface area contributed by atoms with Gasteiger partial charge < -0.3 is 4.84 Å². The molecule has 1 aliphatic heterocycles. The van der Waals surface area contributed by atoms with E-state index in [1.165, 1.54) is 0 Å². The maximum Gasteiger partial charge on any atom is 0.283 e. The lowest BCUT2D eigenvalue weighted by Gasteiger charge is -1.63. The molecule has 0 amide bonds. The first kappa shape index (κ1) is 2.63. The third-order valence-electron chi connectivity index (χ3n) is 0.398. The highest BCUT2D eigenvalue weighted by atomic mass is 16.6. The molecule has 0 saturated carbocycles. The zero-order chi connectivity index (χ0) is 3.54. The van der Waals surface area contributed by atoms with Crippen molar-refractivity contribution in [1.29, 1.82) is 0 Å². The van der Waals surface area contributed by atoms with Crippen molar-refractivity contribution in [2.24, 2.45) is 5.28 Å². The second kappa shape index (κ2) is 1.01. The Morgan fingerprint density at radius 2 is 2.80 bits per heavy atom. The standard InChI is InChI=1S/C2H4N2O/c1-2-5-4-3-1/h1-2H2/q+1. The fourth-order valence-corrected chi connectivity index (χ4v) is 0.204. The molecule has 3 nitrogen and oxygen atoms in total. The van der Waals surface area contributed by atoms with Crippen LogP contribution < -0.4 is 5.11 Å². The number of rotatable bonds is 0. The molecule has 0 aromatic carbocycles. The molecule has 0 aromatic rings. The maximum absolute atomic E-state index is 4.40. The van der Waals surface area contributed by atoms with E-state index >= 15 is 0 Å². The lowest BCUT2D eigenvalue weighted by Crippen LogP contribution is -1.85. The molecule has 0 fully saturated rings. The molecule has 27 valence electrons. The lowest BCUT2D eigenvalue weighted by molar-refractivity contribution is 0.172. The zero-order valence-electron chi connectivity index (χ0n) is 2.72. The molecule has 0 spiro atoms. The van der Waals surface area contributed by atoms with Crippen molar-refractivity contribution in [3.05, 3.63) is 0 Å². The molecule has 0 atom stereocenters. The van der Waals surface area contributed by atoms with Crippen LogP contribution in [0.3, 0.4) is 0 Å².